The van der Waals surface area contributed by atoms with Gasteiger partial charge in [-0.05, 0) is 37.5 Å². The molecule has 3 N–H and O–H groups in total. The van der Waals surface area contributed by atoms with E-state index in [9.17, 15) is 13.2 Å². The molecule has 22 heavy (non-hydrogen) atoms. The molecule has 1 aromatic carbocycles. The van der Waals surface area contributed by atoms with E-state index in [-0.39, 0.29) is 16.8 Å². The predicted octanol–water partition coefficient (Wildman–Crippen LogP) is 0.857. The first-order chi connectivity index (χ1) is 10.3. The molecule has 0 spiro atoms. The fourth-order valence-corrected chi connectivity index (χ4v) is 3.70. The Balaban J connectivity index is 2.32. The van der Waals surface area contributed by atoms with Crippen molar-refractivity contribution in [3.8, 4) is 0 Å². The van der Waals surface area contributed by atoms with Crippen LogP contribution in [-0.4, -0.2) is 44.9 Å². The number of rotatable bonds is 4. The molecule has 1 saturated heterocycles. The number of sulfonamides is 1. The number of carbonyl (C=O) groups is 1. The molecule has 122 valence electrons. The first-order valence-electron chi connectivity index (χ1n) is 7.50. The first kappa shape index (κ1) is 16.9. The Hall–Kier alpha value is -1.44. The number of benzene rings is 1. The topological polar surface area (TPSA) is 92.5 Å². The van der Waals surface area contributed by atoms with Crippen molar-refractivity contribution in [2.24, 2.45) is 5.73 Å². The zero-order valence-electron chi connectivity index (χ0n) is 13.0. The Kier molecular flexibility index (Phi) is 5.20. The summed E-state index contributed by atoms with van der Waals surface area (Å²) in [5, 5.41) is 0. The number of hydrogen-bond acceptors (Lipinski definition) is 4. The zero-order chi connectivity index (χ0) is 16.3. The van der Waals surface area contributed by atoms with Crippen LogP contribution in [0.15, 0.2) is 23.1 Å². The fourth-order valence-electron chi connectivity index (χ4n) is 2.64. The predicted molar refractivity (Wildman–Crippen MR) is 85.2 cm³/mol. The van der Waals surface area contributed by atoms with Crippen LogP contribution in [0.4, 0.5) is 0 Å². The van der Waals surface area contributed by atoms with Crippen LogP contribution < -0.4 is 10.5 Å². The summed E-state index contributed by atoms with van der Waals surface area (Å²) in [6.07, 6.45) is 1.79. The maximum atomic E-state index is 12.7. The molecule has 1 amide bonds. The summed E-state index contributed by atoms with van der Waals surface area (Å²) >= 11 is 0. The number of amides is 1. The number of piperidine rings is 1. The van der Waals surface area contributed by atoms with Crippen molar-refractivity contribution < 1.29 is 13.2 Å². The smallest absolute Gasteiger partial charge is 0.254 e. The van der Waals surface area contributed by atoms with Crippen molar-refractivity contribution in [3.63, 3.8) is 0 Å². The molecule has 0 saturated carbocycles. The molecule has 6 nitrogen and oxygen atoms in total. The van der Waals surface area contributed by atoms with Gasteiger partial charge in [-0.3, -0.25) is 4.79 Å². The Bertz CT molecular complexity index is 658. The van der Waals surface area contributed by atoms with Gasteiger partial charge in [0.1, 0.15) is 0 Å². The quantitative estimate of drug-likeness (QED) is 0.858. The van der Waals surface area contributed by atoms with Gasteiger partial charge >= 0.3 is 0 Å². The molecule has 2 rings (SSSR count). The maximum Gasteiger partial charge on any atom is 0.254 e. The third kappa shape index (κ3) is 3.66. The van der Waals surface area contributed by atoms with Gasteiger partial charge < -0.3 is 10.6 Å². The van der Waals surface area contributed by atoms with Crippen molar-refractivity contribution in [1.29, 1.82) is 0 Å². The van der Waals surface area contributed by atoms with E-state index in [1.54, 1.807) is 24.8 Å². The van der Waals surface area contributed by atoms with Gasteiger partial charge in [-0.1, -0.05) is 13.0 Å². The molecule has 1 unspecified atom stereocenters. The molecule has 0 aliphatic carbocycles. The molecule has 1 aliphatic rings. The van der Waals surface area contributed by atoms with Crippen LogP contribution in [0.5, 0.6) is 0 Å². The van der Waals surface area contributed by atoms with E-state index in [1.165, 1.54) is 12.1 Å². The van der Waals surface area contributed by atoms with Crippen LogP contribution in [-0.2, 0) is 10.0 Å². The average molecular weight is 325 g/mol. The van der Waals surface area contributed by atoms with Crippen LogP contribution in [0.1, 0.15) is 35.7 Å². The van der Waals surface area contributed by atoms with E-state index >= 15 is 0 Å². The van der Waals surface area contributed by atoms with Gasteiger partial charge in [-0.25, -0.2) is 13.1 Å². The second-order valence-electron chi connectivity index (χ2n) is 5.63. The summed E-state index contributed by atoms with van der Waals surface area (Å²) in [6.45, 7) is 5.01. The van der Waals surface area contributed by atoms with Crippen molar-refractivity contribution >= 4 is 15.9 Å². The number of likely N-dealkylation sites (tertiary alicyclic amines) is 1. The molecule has 1 atom stereocenters. The summed E-state index contributed by atoms with van der Waals surface area (Å²) in [5.41, 5.74) is 7.11. The standard InChI is InChI=1S/C15H23N3O3S/c1-3-17-22(20,21)13-7-6-11(2)14(9-13)15(19)18-8-4-5-12(16)10-18/h6-7,9,12,17H,3-5,8,10,16H2,1-2H3. The highest BCUT2D eigenvalue weighted by atomic mass is 32.2. The minimum atomic E-state index is -3.57. The van der Waals surface area contributed by atoms with E-state index in [1.807, 2.05) is 0 Å². The zero-order valence-corrected chi connectivity index (χ0v) is 13.8. The molecular weight excluding hydrogens is 302 g/mol. The van der Waals surface area contributed by atoms with Gasteiger partial charge in [-0.15, -0.1) is 0 Å². The number of aryl methyl sites for hydroxylation is 1. The Morgan fingerprint density at radius 3 is 2.82 bits per heavy atom. The minimum Gasteiger partial charge on any atom is -0.337 e. The molecule has 0 bridgehead atoms. The second-order valence-corrected chi connectivity index (χ2v) is 7.40. The molecule has 1 aromatic rings. The second kappa shape index (κ2) is 6.76. The van der Waals surface area contributed by atoms with Crippen LogP contribution in [0.25, 0.3) is 0 Å². The monoisotopic (exact) mass is 325 g/mol. The molecule has 7 heteroatoms. The van der Waals surface area contributed by atoms with Crippen molar-refractivity contribution in [1.82, 2.24) is 9.62 Å². The van der Waals surface area contributed by atoms with E-state index in [0.29, 0.717) is 25.2 Å². The van der Waals surface area contributed by atoms with Crippen molar-refractivity contribution in [2.75, 3.05) is 19.6 Å². The highest BCUT2D eigenvalue weighted by molar-refractivity contribution is 7.89. The number of carbonyl (C=O) groups excluding carboxylic acids is 1. The van der Waals surface area contributed by atoms with Crippen LogP contribution in [0.3, 0.4) is 0 Å². The largest absolute Gasteiger partial charge is 0.337 e. The summed E-state index contributed by atoms with van der Waals surface area (Å²) in [7, 11) is -3.57. The molecule has 1 aliphatic heterocycles. The van der Waals surface area contributed by atoms with Gasteiger partial charge in [0, 0.05) is 31.2 Å². The molecular formula is C15H23N3O3S. The Morgan fingerprint density at radius 1 is 1.45 bits per heavy atom. The van der Waals surface area contributed by atoms with E-state index in [2.05, 4.69) is 4.72 Å². The van der Waals surface area contributed by atoms with Crippen LogP contribution >= 0.6 is 0 Å². The highest BCUT2D eigenvalue weighted by Crippen LogP contribution is 2.19. The highest BCUT2D eigenvalue weighted by Gasteiger charge is 2.24. The Morgan fingerprint density at radius 2 is 2.18 bits per heavy atom. The molecule has 0 aromatic heterocycles. The number of nitrogens with one attached hydrogen (secondary N) is 1. The van der Waals surface area contributed by atoms with E-state index in [0.717, 1.165) is 18.4 Å². The molecule has 0 radical (unpaired) electrons. The first-order valence-corrected chi connectivity index (χ1v) is 8.98. The number of nitrogens with zero attached hydrogens (tertiary/aromatic N) is 1. The lowest BCUT2D eigenvalue weighted by atomic mass is 10.0. The average Bonchev–Trinajstić information content (AvgIpc) is 2.46. The number of nitrogens with two attached hydrogens (primary N) is 1. The minimum absolute atomic E-state index is 0.00770. The van der Waals surface area contributed by atoms with E-state index < -0.39 is 10.0 Å². The fraction of sp³-hybridized carbons (Fsp3) is 0.533. The van der Waals surface area contributed by atoms with Gasteiger partial charge in [0.15, 0.2) is 0 Å². The van der Waals surface area contributed by atoms with Crippen LogP contribution in [0, 0.1) is 6.92 Å². The third-order valence-corrected chi connectivity index (χ3v) is 5.37. The van der Waals surface area contributed by atoms with Gasteiger partial charge in [0.05, 0.1) is 4.90 Å². The van der Waals surface area contributed by atoms with Crippen molar-refractivity contribution in [3.05, 3.63) is 29.3 Å². The molecule has 1 heterocycles. The Labute approximate surface area is 131 Å². The lowest BCUT2D eigenvalue weighted by molar-refractivity contribution is 0.0708. The molecule has 1 fully saturated rings. The van der Waals surface area contributed by atoms with Gasteiger partial charge in [0.2, 0.25) is 10.0 Å². The van der Waals surface area contributed by atoms with Crippen LogP contribution in [0.2, 0.25) is 0 Å². The number of hydrogen-bond donors (Lipinski definition) is 2. The normalized spacial score (nSPS) is 19.2. The summed E-state index contributed by atoms with van der Waals surface area (Å²) in [4.78, 5) is 14.5. The SMILES string of the molecule is CCNS(=O)(=O)c1ccc(C)c(C(=O)N2CCCC(N)C2)c1. The summed E-state index contributed by atoms with van der Waals surface area (Å²) < 4.78 is 26.6. The summed E-state index contributed by atoms with van der Waals surface area (Å²) in [6, 6.07) is 4.63. The lowest BCUT2D eigenvalue weighted by Crippen LogP contribution is -2.45. The lowest BCUT2D eigenvalue weighted by Gasteiger charge is -2.31. The third-order valence-electron chi connectivity index (χ3n) is 3.83. The van der Waals surface area contributed by atoms with Gasteiger partial charge in [-0.2, -0.15) is 0 Å². The maximum absolute atomic E-state index is 12.7. The van der Waals surface area contributed by atoms with Gasteiger partial charge in [0.25, 0.3) is 5.91 Å². The van der Waals surface area contributed by atoms with Crippen molar-refractivity contribution in [2.45, 2.75) is 37.6 Å². The summed E-state index contributed by atoms with van der Waals surface area (Å²) in [5.74, 6) is -0.152. The van der Waals surface area contributed by atoms with E-state index in [4.69, 9.17) is 5.73 Å².